The molecule has 2 heterocycles. The molecule has 0 aliphatic rings. The molecule has 0 saturated heterocycles. The van der Waals surface area contributed by atoms with Crippen LogP contribution in [0.2, 0.25) is 0 Å². The highest BCUT2D eigenvalue weighted by Gasteiger charge is 2.15. The summed E-state index contributed by atoms with van der Waals surface area (Å²) in [4.78, 5) is 22.6. The number of aromatic nitrogens is 2. The van der Waals surface area contributed by atoms with Gasteiger partial charge in [0.2, 0.25) is 0 Å². The highest BCUT2D eigenvalue weighted by molar-refractivity contribution is 7.98. The number of ether oxygens (including phenoxy) is 1. The minimum atomic E-state index is -0.926. The maximum atomic E-state index is 11.2. The third-order valence-electron chi connectivity index (χ3n) is 4.90. The van der Waals surface area contributed by atoms with E-state index >= 15 is 0 Å². The van der Waals surface area contributed by atoms with Gasteiger partial charge in [0.15, 0.2) is 5.16 Å². The van der Waals surface area contributed by atoms with Crippen LogP contribution in [0, 0.1) is 13.8 Å². The van der Waals surface area contributed by atoms with Crippen LogP contribution in [0.15, 0.2) is 65.8 Å². The first-order chi connectivity index (χ1) is 15.4. The van der Waals surface area contributed by atoms with Crippen LogP contribution in [0.3, 0.4) is 0 Å². The van der Waals surface area contributed by atoms with Gasteiger partial charge < -0.3 is 9.84 Å². The fraction of sp³-hybridized carbons (Fsp3) is 0.160. The van der Waals surface area contributed by atoms with Gasteiger partial charge in [0.25, 0.3) is 0 Å². The maximum absolute atomic E-state index is 11.2. The summed E-state index contributed by atoms with van der Waals surface area (Å²) in [5, 5.41) is 9.98. The second kappa shape index (κ2) is 9.54. The van der Waals surface area contributed by atoms with Gasteiger partial charge in [-0.3, -0.25) is 0 Å². The number of carboxylic acids is 1. The summed E-state index contributed by atoms with van der Waals surface area (Å²) in [6.07, 6.45) is 0. The van der Waals surface area contributed by atoms with Crippen LogP contribution in [0.5, 0.6) is 5.75 Å². The van der Waals surface area contributed by atoms with Crippen LogP contribution < -0.4 is 4.74 Å². The van der Waals surface area contributed by atoms with E-state index in [4.69, 9.17) is 4.74 Å². The van der Waals surface area contributed by atoms with E-state index in [0.29, 0.717) is 5.75 Å². The summed E-state index contributed by atoms with van der Waals surface area (Å²) < 4.78 is 5.28. The summed E-state index contributed by atoms with van der Waals surface area (Å²) in [7, 11) is 1.66. The molecule has 162 valence electrons. The van der Waals surface area contributed by atoms with Crippen LogP contribution in [-0.4, -0.2) is 28.2 Å². The largest absolute Gasteiger partial charge is 0.497 e. The summed E-state index contributed by atoms with van der Waals surface area (Å²) in [6.45, 7) is 3.95. The van der Waals surface area contributed by atoms with E-state index in [-0.39, 0.29) is 5.56 Å². The lowest BCUT2D eigenvalue weighted by atomic mass is 10.1. The minimum absolute atomic E-state index is 0.278. The van der Waals surface area contributed by atoms with Crippen molar-refractivity contribution in [1.29, 1.82) is 0 Å². The number of thioether (sulfide) groups is 1. The Hall–Kier alpha value is -3.16. The lowest BCUT2D eigenvalue weighted by Gasteiger charge is -2.05. The number of thiophene rings is 1. The van der Waals surface area contributed by atoms with E-state index in [1.165, 1.54) is 0 Å². The Bertz CT molecular complexity index is 1230. The molecule has 0 unspecified atom stereocenters. The van der Waals surface area contributed by atoms with Crippen molar-refractivity contribution >= 4 is 29.1 Å². The van der Waals surface area contributed by atoms with E-state index in [9.17, 15) is 9.90 Å². The second-order valence-electron chi connectivity index (χ2n) is 7.30. The zero-order chi connectivity index (χ0) is 22.7. The third-order valence-corrected chi connectivity index (χ3v) is 7.07. The van der Waals surface area contributed by atoms with Crippen molar-refractivity contribution in [2.24, 2.45) is 0 Å². The molecule has 0 spiro atoms. The molecule has 0 fully saturated rings. The molecule has 4 rings (SSSR count). The SMILES string of the molecule is COc1ccc(-c2cc(CSc3nc(C)cc(C)n3)c(-c3ccc(C(=O)O)cc3)s2)cc1. The predicted octanol–water partition coefficient (Wildman–Crippen LogP) is 6.49. The number of hydrogen-bond acceptors (Lipinski definition) is 6. The Labute approximate surface area is 195 Å². The first-order valence-electron chi connectivity index (χ1n) is 9.99. The highest BCUT2D eigenvalue weighted by Crippen LogP contribution is 2.41. The van der Waals surface area contributed by atoms with Crippen molar-refractivity contribution in [3.05, 3.63) is 83.2 Å². The van der Waals surface area contributed by atoms with Crippen molar-refractivity contribution < 1.29 is 14.6 Å². The lowest BCUT2D eigenvalue weighted by molar-refractivity contribution is 0.0697. The molecule has 0 amide bonds. The van der Waals surface area contributed by atoms with Crippen molar-refractivity contribution in [1.82, 2.24) is 9.97 Å². The molecule has 32 heavy (non-hydrogen) atoms. The van der Waals surface area contributed by atoms with Crippen molar-refractivity contribution in [3.63, 3.8) is 0 Å². The van der Waals surface area contributed by atoms with E-state index < -0.39 is 5.97 Å². The number of hydrogen-bond donors (Lipinski definition) is 1. The summed E-state index contributed by atoms with van der Waals surface area (Å²) in [5.41, 5.74) is 5.45. The Balaban J connectivity index is 1.70. The molecule has 2 aromatic carbocycles. The maximum Gasteiger partial charge on any atom is 0.335 e. The summed E-state index contributed by atoms with van der Waals surface area (Å²) >= 11 is 3.30. The Morgan fingerprint density at radius 1 is 0.969 bits per heavy atom. The molecule has 4 aromatic rings. The van der Waals surface area contributed by atoms with Gasteiger partial charge in [-0.05, 0) is 79.1 Å². The average Bonchev–Trinajstić information content (AvgIpc) is 3.21. The Morgan fingerprint density at radius 2 is 1.59 bits per heavy atom. The molecule has 0 bridgehead atoms. The Kier molecular flexibility index (Phi) is 6.58. The first kappa shape index (κ1) is 22.0. The molecule has 7 heteroatoms. The highest BCUT2D eigenvalue weighted by atomic mass is 32.2. The number of aromatic carboxylic acids is 1. The molecule has 0 radical (unpaired) electrons. The van der Waals surface area contributed by atoms with Crippen LogP contribution in [0.4, 0.5) is 0 Å². The fourth-order valence-electron chi connectivity index (χ4n) is 3.34. The van der Waals surface area contributed by atoms with E-state index in [1.807, 2.05) is 56.3 Å². The number of carboxylic acid groups (broad SMARTS) is 1. The predicted molar refractivity (Wildman–Crippen MR) is 130 cm³/mol. The quantitative estimate of drug-likeness (QED) is 0.250. The smallest absolute Gasteiger partial charge is 0.335 e. The number of methoxy groups -OCH3 is 1. The van der Waals surface area contributed by atoms with Gasteiger partial charge in [0.05, 0.1) is 12.7 Å². The lowest BCUT2D eigenvalue weighted by Crippen LogP contribution is -1.95. The van der Waals surface area contributed by atoms with Gasteiger partial charge in [0, 0.05) is 26.9 Å². The molecule has 2 aromatic heterocycles. The fourth-order valence-corrected chi connectivity index (χ4v) is 5.55. The van der Waals surface area contributed by atoms with Gasteiger partial charge in [-0.15, -0.1) is 11.3 Å². The van der Waals surface area contributed by atoms with Gasteiger partial charge in [0.1, 0.15) is 5.75 Å². The number of rotatable bonds is 7. The van der Waals surface area contributed by atoms with E-state index in [1.54, 1.807) is 42.3 Å². The monoisotopic (exact) mass is 462 g/mol. The zero-order valence-electron chi connectivity index (χ0n) is 18.0. The molecular formula is C25H22N2O3S2. The van der Waals surface area contributed by atoms with Crippen LogP contribution >= 0.6 is 23.1 Å². The molecule has 1 N–H and O–H groups in total. The van der Waals surface area contributed by atoms with Crippen molar-refractivity contribution in [3.8, 4) is 26.6 Å². The number of aryl methyl sites for hydroxylation is 2. The molecule has 0 aliphatic carbocycles. The standard InChI is InChI=1S/C25H22N2O3S2/c1-15-12-16(2)27-25(26-15)31-14-20-13-22(17-8-10-21(30-3)11-9-17)32-23(20)18-4-6-19(7-5-18)24(28)29/h4-13H,14H2,1-3H3,(H,28,29). The first-order valence-corrected chi connectivity index (χ1v) is 11.8. The second-order valence-corrected chi connectivity index (χ2v) is 9.29. The number of nitrogens with zero attached hydrogens (tertiary/aromatic N) is 2. The van der Waals surface area contributed by atoms with Crippen LogP contribution in [0.1, 0.15) is 27.3 Å². The van der Waals surface area contributed by atoms with Crippen LogP contribution in [0.25, 0.3) is 20.9 Å². The zero-order valence-corrected chi connectivity index (χ0v) is 19.6. The third kappa shape index (κ3) is 5.00. The van der Waals surface area contributed by atoms with Gasteiger partial charge >= 0.3 is 5.97 Å². The van der Waals surface area contributed by atoms with E-state index in [0.717, 1.165) is 48.7 Å². The topological polar surface area (TPSA) is 72.3 Å². The van der Waals surface area contributed by atoms with Gasteiger partial charge in [-0.1, -0.05) is 23.9 Å². The molecule has 0 atom stereocenters. The normalized spacial score (nSPS) is 10.8. The van der Waals surface area contributed by atoms with Gasteiger partial charge in [-0.2, -0.15) is 0 Å². The van der Waals surface area contributed by atoms with Crippen LogP contribution in [-0.2, 0) is 5.75 Å². The Morgan fingerprint density at radius 3 is 2.19 bits per heavy atom. The molecule has 5 nitrogen and oxygen atoms in total. The summed E-state index contributed by atoms with van der Waals surface area (Å²) in [5.74, 6) is 0.605. The van der Waals surface area contributed by atoms with E-state index in [2.05, 4.69) is 16.0 Å². The molecule has 0 aliphatic heterocycles. The number of benzene rings is 2. The van der Waals surface area contributed by atoms with Crippen molar-refractivity contribution in [2.45, 2.75) is 24.8 Å². The average molecular weight is 463 g/mol. The molecular weight excluding hydrogens is 440 g/mol. The van der Waals surface area contributed by atoms with Gasteiger partial charge in [-0.25, -0.2) is 14.8 Å². The summed E-state index contributed by atoms with van der Waals surface area (Å²) in [6, 6.07) is 19.2. The molecule has 0 saturated carbocycles. The number of carbonyl (C=O) groups is 1. The van der Waals surface area contributed by atoms with Crippen molar-refractivity contribution in [2.75, 3.05) is 7.11 Å². The minimum Gasteiger partial charge on any atom is -0.497 e.